The second kappa shape index (κ2) is 8.56. The third-order valence-corrected chi connectivity index (χ3v) is 7.34. The first kappa shape index (κ1) is 18.7. The molecule has 1 aliphatic carbocycles. The Morgan fingerprint density at radius 3 is 2.96 bits per heavy atom. The van der Waals surface area contributed by atoms with Crippen LogP contribution >= 0.6 is 23.1 Å². The van der Waals surface area contributed by atoms with E-state index in [4.69, 9.17) is 0 Å². The molecule has 0 bridgehead atoms. The highest BCUT2D eigenvalue weighted by atomic mass is 32.2. The summed E-state index contributed by atoms with van der Waals surface area (Å²) in [6.07, 6.45) is 8.75. The molecule has 27 heavy (non-hydrogen) atoms. The van der Waals surface area contributed by atoms with E-state index in [0.717, 1.165) is 48.6 Å². The number of thiophene rings is 1. The number of aromatic nitrogens is 2. The Hall–Kier alpha value is -1.67. The number of amides is 2. The van der Waals surface area contributed by atoms with Crippen LogP contribution in [0.3, 0.4) is 0 Å². The molecule has 144 valence electrons. The van der Waals surface area contributed by atoms with Gasteiger partial charge in [0.1, 0.15) is 16.2 Å². The Bertz CT molecular complexity index is 852. The molecule has 0 atom stereocenters. The number of hydrogen-bond acceptors (Lipinski definition) is 6. The molecule has 2 aromatic rings. The molecule has 0 aromatic carbocycles. The second-order valence-corrected chi connectivity index (χ2v) is 9.09. The molecule has 4 rings (SSSR count). The van der Waals surface area contributed by atoms with Crippen LogP contribution in [0.15, 0.2) is 11.4 Å². The fraction of sp³-hybridized carbons (Fsp3) is 0.579. The van der Waals surface area contributed by atoms with Crippen molar-refractivity contribution in [1.29, 1.82) is 0 Å². The first-order valence-corrected chi connectivity index (χ1v) is 11.4. The zero-order valence-corrected chi connectivity index (χ0v) is 17.0. The van der Waals surface area contributed by atoms with Crippen LogP contribution in [0.2, 0.25) is 0 Å². The normalized spacial score (nSPS) is 16.7. The number of fused-ring (bicyclic) bond motifs is 3. The lowest BCUT2D eigenvalue weighted by Gasteiger charge is -2.15. The highest BCUT2D eigenvalue weighted by Gasteiger charge is 2.21. The summed E-state index contributed by atoms with van der Waals surface area (Å²) in [7, 11) is 0. The van der Waals surface area contributed by atoms with E-state index < -0.39 is 0 Å². The van der Waals surface area contributed by atoms with Gasteiger partial charge in [-0.15, -0.1) is 11.3 Å². The van der Waals surface area contributed by atoms with E-state index >= 15 is 0 Å². The highest BCUT2D eigenvalue weighted by molar-refractivity contribution is 8.00. The number of thioether (sulfide) groups is 1. The average Bonchev–Trinajstić information content (AvgIpc) is 3.26. The summed E-state index contributed by atoms with van der Waals surface area (Å²) in [5.74, 6) is 0.617. The molecule has 0 spiro atoms. The molecule has 0 unspecified atom stereocenters. The summed E-state index contributed by atoms with van der Waals surface area (Å²) in [5, 5.41) is 5.05. The molecular weight excluding hydrogens is 380 g/mol. The number of carbonyl (C=O) groups is 2. The third kappa shape index (κ3) is 4.27. The lowest BCUT2D eigenvalue weighted by molar-refractivity contribution is -0.127. The van der Waals surface area contributed by atoms with Crippen molar-refractivity contribution >= 4 is 45.1 Å². The van der Waals surface area contributed by atoms with Gasteiger partial charge in [0.25, 0.3) is 0 Å². The van der Waals surface area contributed by atoms with Gasteiger partial charge in [0, 0.05) is 36.3 Å². The lowest BCUT2D eigenvalue weighted by Crippen LogP contribution is -2.31. The van der Waals surface area contributed by atoms with Gasteiger partial charge in [-0.2, -0.15) is 0 Å². The Kier molecular flexibility index (Phi) is 5.92. The van der Waals surface area contributed by atoms with Gasteiger partial charge in [-0.3, -0.25) is 9.59 Å². The van der Waals surface area contributed by atoms with Crippen molar-refractivity contribution in [1.82, 2.24) is 20.2 Å². The van der Waals surface area contributed by atoms with Gasteiger partial charge >= 0.3 is 0 Å². The predicted octanol–water partition coefficient (Wildman–Crippen LogP) is 2.79. The molecule has 1 fully saturated rings. The van der Waals surface area contributed by atoms with Gasteiger partial charge in [0.15, 0.2) is 0 Å². The van der Waals surface area contributed by atoms with Crippen molar-refractivity contribution in [2.24, 2.45) is 0 Å². The van der Waals surface area contributed by atoms with Crippen molar-refractivity contribution in [2.45, 2.75) is 50.0 Å². The van der Waals surface area contributed by atoms with Crippen LogP contribution < -0.4 is 5.32 Å². The summed E-state index contributed by atoms with van der Waals surface area (Å²) >= 11 is 3.28. The minimum absolute atomic E-state index is 0.0172. The van der Waals surface area contributed by atoms with Crippen LogP contribution in [0.25, 0.3) is 10.2 Å². The van der Waals surface area contributed by atoms with Crippen molar-refractivity contribution < 1.29 is 9.59 Å². The summed E-state index contributed by atoms with van der Waals surface area (Å²) < 4.78 is 0. The molecule has 3 heterocycles. The standard InChI is InChI=1S/C19H24N4O2S2/c24-15(20-8-4-10-23-9-3-7-16(23)25)11-26-18-17-13-5-1-2-6-14(13)27-19(17)22-12-21-18/h12H,1-11H2,(H,20,24). The first-order chi connectivity index (χ1) is 13.2. The molecule has 1 saturated heterocycles. The topological polar surface area (TPSA) is 75.2 Å². The highest BCUT2D eigenvalue weighted by Crippen LogP contribution is 2.39. The van der Waals surface area contributed by atoms with Crippen molar-refractivity contribution in [3.05, 3.63) is 16.8 Å². The van der Waals surface area contributed by atoms with E-state index in [0.29, 0.717) is 18.7 Å². The summed E-state index contributed by atoms with van der Waals surface area (Å²) in [6.45, 7) is 2.20. The molecule has 1 N–H and O–H groups in total. The van der Waals surface area contributed by atoms with Crippen LogP contribution in [0.5, 0.6) is 0 Å². The number of likely N-dealkylation sites (tertiary alicyclic amines) is 1. The number of rotatable bonds is 7. The molecule has 1 aliphatic heterocycles. The number of carbonyl (C=O) groups excluding carboxylic acids is 2. The van der Waals surface area contributed by atoms with Crippen molar-refractivity contribution in [3.63, 3.8) is 0 Å². The van der Waals surface area contributed by atoms with Crippen LogP contribution in [0.1, 0.15) is 42.5 Å². The maximum absolute atomic E-state index is 12.2. The quantitative estimate of drug-likeness (QED) is 0.436. The minimum atomic E-state index is 0.0172. The number of nitrogens with zero attached hydrogens (tertiary/aromatic N) is 3. The van der Waals surface area contributed by atoms with Gasteiger partial charge in [0.05, 0.1) is 5.75 Å². The van der Waals surface area contributed by atoms with Crippen molar-refractivity contribution in [3.8, 4) is 0 Å². The van der Waals surface area contributed by atoms with Crippen molar-refractivity contribution in [2.75, 3.05) is 25.4 Å². The van der Waals surface area contributed by atoms with Crippen LogP contribution in [-0.2, 0) is 22.4 Å². The Morgan fingerprint density at radius 2 is 2.11 bits per heavy atom. The zero-order valence-electron chi connectivity index (χ0n) is 15.3. The van der Waals surface area contributed by atoms with E-state index in [9.17, 15) is 9.59 Å². The average molecular weight is 405 g/mol. The minimum Gasteiger partial charge on any atom is -0.355 e. The predicted molar refractivity (Wildman–Crippen MR) is 108 cm³/mol. The molecule has 6 nitrogen and oxygen atoms in total. The molecule has 0 radical (unpaired) electrons. The SMILES string of the molecule is O=C(CSc1ncnc2sc3c(c12)CCCC3)NCCCN1CCCC1=O. The zero-order chi connectivity index (χ0) is 18.6. The van der Waals surface area contributed by atoms with Gasteiger partial charge in [-0.25, -0.2) is 9.97 Å². The molecule has 2 aromatic heterocycles. The number of hydrogen-bond donors (Lipinski definition) is 1. The van der Waals surface area contributed by atoms with Gasteiger partial charge in [-0.1, -0.05) is 11.8 Å². The number of nitrogens with one attached hydrogen (secondary N) is 1. The Morgan fingerprint density at radius 1 is 1.22 bits per heavy atom. The summed E-state index contributed by atoms with van der Waals surface area (Å²) in [6, 6.07) is 0. The largest absolute Gasteiger partial charge is 0.355 e. The summed E-state index contributed by atoms with van der Waals surface area (Å²) in [5.41, 5.74) is 1.40. The van der Waals surface area contributed by atoms with Gasteiger partial charge < -0.3 is 10.2 Å². The Labute approximate surface area is 167 Å². The molecule has 2 amide bonds. The maximum atomic E-state index is 12.2. The first-order valence-electron chi connectivity index (χ1n) is 9.65. The fourth-order valence-corrected chi connectivity index (χ4v) is 5.94. The van der Waals surface area contributed by atoms with Crippen LogP contribution in [0.4, 0.5) is 0 Å². The van der Waals surface area contributed by atoms with Crippen LogP contribution in [-0.4, -0.2) is 52.1 Å². The smallest absolute Gasteiger partial charge is 0.230 e. The third-order valence-electron chi connectivity index (χ3n) is 5.15. The molecule has 2 aliphatic rings. The molecule has 8 heteroatoms. The van der Waals surface area contributed by atoms with E-state index in [1.54, 1.807) is 17.7 Å². The Balaban J connectivity index is 1.29. The molecule has 0 saturated carbocycles. The van der Waals surface area contributed by atoms with Gasteiger partial charge in [-0.05, 0) is 44.1 Å². The lowest BCUT2D eigenvalue weighted by atomic mass is 9.97. The van der Waals surface area contributed by atoms with E-state index in [1.165, 1.54) is 40.4 Å². The number of aryl methyl sites for hydroxylation is 2. The van der Waals surface area contributed by atoms with E-state index in [1.807, 2.05) is 4.90 Å². The summed E-state index contributed by atoms with van der Waals surface area (Å²) in [4.78, 5) is 37.0. The fourth-order valence-electron chi connectivity index (χ4n) is 3.79. The maximum Gasteiger partial charge on any atom is 0.230 e. The van der Waals surface area contributed by atoms with E-state index in [-0.39, 0.29) is 11.8 Å². The van der Waals surface area contributed by atoms with E-state index in [2.05, 4.69) is 15.3 Å². The second-order valence-electron chi connectivity index (χ2n) is 7.05. The monoisotopic (exact) mass is 404 g/mol. The molecular formula is C19H24N4O2S2. The van der Waals surface area contributed by atoms with Gasteiger partial charge in [0.2, 0.25) is 11.8 Å². The van der Waals surface area contributed by atoms with Crippen LogP contribution in [0, 0.1) is 0 Å².